The lowest BCUT2D eigenvalue weighted by molar-refractivity contribution is -0.114. The van der Waals surface area contributed by atoms with Crippen LogP contribution in [0.25, 0.3) is 23.2 Å². The lowest BCUT2D eigenvalue weighted by Crippen LogP contribution is -2.28. The lowest BCUT2D eigenvalue weighted by atomic mass is 10.1. The molecule has 0 aliphatic heterocycles. The Bertz CT molecular complexity index is 1260. The Morgan fingerprint density at radius 3 is 2.58 bits per heavy atom. The summed E-state index contributed by atoms with van der Waals surface area (Å²) in [7, 11) is 1.96. The first kappa shape index (κ1) is 20.6. The first-order chi connectivity index (χ1) is 15.0. The van der Waals surface area contributed by atoms with Gasteiger partial charge in [-0.05, 0) is 35.4 Å². The number of hydrogen-bond donors (Lipinski definition) is 0. The second-order valence-corrected chi connectivity index (χ2v) is 7.70. The van der Waals surface area contributed by atoms with Crippen molar-refractivity contribution in [3.8, 4) is 0 Å². The molecule has 2 aromatic carbocycles. The summed E-state index contributed by atoms with van der Waals surface area (Å²) in [5, 5.41) is 1.68. The molecule has 2 heterocycles. The van der Waals surface area contributed by atoms with Crippen molar-refractivity contribution < 1.29 is 4.79 Å². The fourth-order valence-corrected chi connectivity index (χ4v) is 3.62. The largest absolute Gasteiger partial charge is 0.335 e. The first-order valence-corrected chi connectivity index (χ1v) is 10.3. The van der Waals surface area contributed by atoms with E-state index in [1.807, 2.05) is 90.6 Å². The standard InChI is InChI=1S/C26H22ClN3O/c1-3-25(31)30(17-20-7-5-4-6-8-20)23-15-24-21(18-29(2)26(24)28-16-23)12-9-19-10-13-22(27)14-11-19/h3-16,18H,1,17H2,2H3/b12-9+. The normalized spacial score (nSPS) is 11.2. The van der Waals surface area contributed by atoms with Gasteiger partial charge in [-0.1, -0.05) is 72.8 Å². The maximum absolute atomic E-state index is 12.6. The van der Waals surface area contributed by atoms with Gasteiger partial charge in [0.2, 0.25) is 0 Å². The molecular formula is C26H22ClN3O. The van der Waals surface area contributed by atoms with Gasteiger partial charge in [-0.15, -0.1) is 0 Å². The SMILES string of the molecule is C=CC(=O)N(Cc1ccccc1)c1cnc2c(c1)c(/C=C/c1ccc(Cl)cc1)cn2C. The van der Waals surface area contributed by atoms with Crippen LogP contribution >= 0.6 is 11.6 Å². The minimum absolute atomic E-state index is 0.167. The Morgan fingerprint density at radius 1 is 1.13 bits per heavy atom. The molecule has 31 heavy (non-hydrogen) atoms. The highest BCUT2D eigenvalue weighted by atomic mass is 35.5. The van der Waals surface area contributed by atoms with Gasteiger partial charge in [-0.3, -0.25) is 4.79 Å². The second kappa shape index (κ2) is 9.02. The molecule has 0 radical (unpaired) electrons. The molecule has 0 spiro atoms. The van der Waals surface area contributed by atoms with E-state index in [0.29, 0.717) is 11.6 Å². The van der Waals surface area contributed by atoms with E-state index < -0.39 is 0 Å². The molecule has 5 heteroatoms. The summed E-state index contributed by atoms with van der Waals surface area (Å²) in [6, 6.07) is 19.6. The Hall–Kier alpha value is -3.63. The number of halogens is 1. The van der Waals surface area contributed by atoms with Crippen molar-refractivity contribution in [1.29, 1.82) is 0 Å². The van der Waals surface area contributed by atoms with Crippen LogP contribution in [0, 0.1) is 0 Å². The van der Waals surface area contributed by atoms with E-state index in [1.165, 1.54) is 6.08 Å². The summed E-state index contributed by atoms with van der Waals surface area (Å²) in [6.07, 6.45) is 9.19. The van der Waals surface area contributed by atoms with Crippen molar-refractivity contribution >= 4 is 46.4 Å². The number of pyridine rings is 1. The maximum atomic E-state index is 12.6. The van der Waals surface area contributed by atoms with E-state index in [1.54, 1.807) is 11.1 Å². The molecule has 4 aromatic rings. The molecule has 0 aliphatic rings. The summed E-state index contributed by atoms with van der Waals surface area (Å²) in [6.45, 7) is 4.11. The minimum Gasteiger partial charge on any atom is -0.335 e. The number of aryl methyl sites for hydroxylation is 1. The van der Waals surface area contributed by atoms with Crippen molar-refractivity contribution in [2.45, 2.75) is 6.54 Å². The number of benzene rings is 2. The number of carbonyl (C=O) groups is 1. The Balaban J connectivity index is 1.72. The number of aromatic nitrogens is 2. The van der Waals surface area contributed by atoms with Crippen molar-refractivity contribution in [3.63, 3.8) is 0 Å². The van der Waals surface area contributed by atoms with Crippen LogP contribution in [0.15, 0.2) is 85.7 Å². The molecule has 4 nitrogen and oxygen atoms in total. The van der Waals surface area contributed by atoms with Crippen molar-refractivity contribution in [3.05, 3.63) is 107 Å². The zero-order valence-electron chi connectivity index (χ0n) is 17.2. The van der Waals surface area contributed by atoms with Gasteiger partial charge < -0.3 is 9.47 Å². The van der Waals surface area contributed by atoms with Crippen LogP contribution in [-0.4, -0.2) is 15.5 Å². The summed E-state index contributed by atoms with van der Waals surface area (Å²) >= 11 is 5.98. The molecule has 4 rings (SSSR count). The number of rotatable bonds is 6. The third-order valence-electron chi connectivity index (χ3n) is 5.09. The Labute approximate surface area is 186 Å². The highest BCUT2D eigenvalue weighted by Crippen LogP contribution is 2.27. The van der Waals surface area contributed by atoms with E-state index in [9.17, 15) is 4.79 Å². The van der Waals surface area contributed by atoms with E-state index in [-0.39, 0.29) is 5.91 Å². The Morgan fingerprint density at radius 2 is 1.87 bits per heavy atom. The van der Waals surface area contributed by atoms with Crippen LogP contribution in [-0.2, 0) is 18.4 Å². The predicted octanol–water partition coefficient (Wildman–Crippen LogP) is 6.12. The highest BCUT2D eigenvalue weighted by Gasteiger charge is 2.16. The minimum atomic E-state index is -0.167. The zero-order chi connectivity index (χ0) is 21.8. The molecule has 2 aromatic heterocycles. The van der Waals surface area contributed by atoms with Crippen LogP contribution in [0.1, 0.15) is 16.7 Å². The molecule has 0 fully saturated rings. The van der Waals surface area contributed by atoms with E-state index in [4.69, 9.17) is 11.6 Å². The number of carbonyl (C=O) groups excluding carboxylic acids is 1. The summed E-state index contributed by atoms with van der Waals surface area (Å²) in [5.74, 6) is -0.167. The quantitative estimate of drug-likeness (QED) is 0.348. The van der Waals surface area contributed by atoms with Crippen molar-refractivity contribution in [1.82, 2.24) is 9.55 Å². The zero-order valence-corrected chi connectivity index (χ0v) is 18.0. The van der Waals surface area contributed by atoms with Gasteiger partial charge in [-0.25, -0.2) is 4.98 Å². The van der Waals surface area contributed by atoms with Crippen LogP contribution in [0.4, 0.5) is 5.69 Å². The maximum Gasteiger partial charge on any atom is 0.250 e. The molecule has 0 N–H and O–H groups in total. The smallest absolute Gasteiger partial charge is 0.250 e. The number of anilines is 1. The molecule has 1 amide bonds. The molecular weight excluding hydrogens is 406 g/mol. The van der Waals surface area contributed by atoms with Gasteiger partial charge in [0.25, 0.3) is 5.91 Å². The second-order valence-electron chi connectivity index (χ2n) is 7.26. The molecule has 0 bridgehead atoms. The van der Waals surface area contributed by atoms with Crippen LogP contribution < -0.4 is 4.90 Å². The van der Waals surface area contributed by atoms with Crippen LogP contribution in [0.3, 0.4) is 0 Å². The number of nitrogens with zero attached hydrogens (tertiary/aromatic N) is 3. The monoisotopic (exact) mass is 427 g/mol. The van der Waals surface area contributed by atoms with Crippen molar-refractivity contribution in [2.24, 2.45) is 7.05 Å². The fraction of sp³-hybridized carbons (Fsp3) is 0.0769. The van der Waals surface area contributed by atoms with Gasteiger partial charge in [-0.2, -0.15) is 0 Å². The summed E-state index contributed by atoms with van der Waals surface area (Å²) < 4.78 is 1.98. The topological polar surface area (TPSA) is 38.1 Å². The van der Waals surface area contributed by atoms with Gasteiger partial charge in [0.15, 0.2) is 0 Å². The van der Waals surface area contributed by atoms with Crippen molar-refractivity contribution in [2.75, 3.05) is 4.90 Å². The molecule has 154 valence electrons. The number of hydrogen-bond acceptors (Lipinski definition) is 2. The third kappa shape index (κ3) is 4.60. The molecule has 0 saturated carbocycles. The summed E-state index contributed by atoms with van der Waals surface area (Å²) in [4.78, 5) is 19.0. The molecule has 0 unspecified atom stereocenters. The molecule has 0 atom stereocenters. The van der Waals surface area contributed by atoms with E-state index in [0.717, 1.165) is 33.4 Å². The predicted molar refractivity (Wildman–Crippen MR) is 129 cm³/mol. The van der Waals surface area contributed by atoms with Gasteiger partial charge >= 0.3 is 0 Å². The van der Waals surface area contributed by atoms with Gasteiger partial charge in [0, 0.05) is 29.2 Å². The average Bonchev–Trinajstić information content (AvgIpc) is 3.12. The van der Waals surface area contributed by atoms with Gasteiger partial charge in [0.05, 0.1) is 18.4 Å². The van der Waals surface area contributed by atoms with E-state index in [2.05, 4.69) is 11.6 Å². The van der Waals surface area contributed by atoms with Crippen LogP contribution in [0.5, 0.6) is 0 Å². The van der Waals surface area contributed by atoms with Crippen LogP contribution in [0.2, 0.25) is 5.02 Å². The Kier molecular flexibility index (Phi) is 6.01. The average molecular weight is 428 g/mol. The van der Waals surface area contributed by atoms with E-state index >= 15 is 0 Å². The molecule has 0 saturated heterocycles. The molecule has 0 aliphatic carbocycles. The third-order valence-corrected chi connectivity index (χ3v) is 5.34. The number of fused-ring (bicyclic) bond motifs is 1. The van der Waals surface area contributed by atoms with Gasteiger partial charge in [0.1, 0.15) is 5.65 Å². The number of amides is 1. The fourth-order valence-electron chi connectivity index (χ4n) is 3.49. The lowest BCUT2D eigenvalue weighted by Gasteiger charge is -2.21. The highest BCUT2D eigenvalue weighted by molar-refractivity contribution is 6.30. The first-order valence-electron chi connectivity index (χ1n) is 9.92. The summed E-state index contributed by atoms with van der Waals surface area (Å²) in [5.41, 5.74) is 4.69.